The Bertz CT molecular complexity index is 773. The van der Waals surface area contributed by atoms with Crippen LogP contribution in [0.4, 0.5) is 18.9 Å². The summed E-state index contributed by atoms with van der Waals surface area (Å²) < 4.78 is 40.1. The highest BCUT2D eigenvalue weighted by Crippen LogP contribution is 2.30. The zero-order valence-electron chi connectivity index (χ0n) is 11.6. The molecule has 23 heavy (non-hydrogen) atoms. The number of hydrogen-bond acceptors (Lipinski definition) is 4. The number of hydrogen-bond donors (Lipinski definition) is 1. The summed E-state index contributed by atoms with van der Waals surface area (Å²) in [6.07, 6.45) is -4.56. The summed E-state index contributed by atoms with van der Waals surface area (Å²) >= 11 is 3.25. The number of nitrogen functional groups attached to an aromatic ring is 1. The van der Waals surface area contributed by atoms with Gasteiger partial charge >= 0.3 is 6.18 Å². The highest BCUT2D eigenvalue weighted by Gasteiger charge is 2.40. The van der Waals surface area contributed by atoms with Crippen molar-refractivity contribution in [2.24, 2.45) is 0 Å². The van der Waals surface area contributed by atoms with E-state index in [4.69, 9.17) is 5.73 Å². The molecule has 1 aromatic carbocycles. The van der Waals surface area contributed by atoms with Gasteiger partial charge < -0.3 is 15.2 Å². The minimum atomic E-state index is -4.56. The Hall–Kier alpha value is -2.10. The van der Waals surface area contributed by atoms with Crippen LogP contribution in [0.3, 0.4) is 0 Å². The second-order valence-electron chi connectivity index (χ2n) is 5.05. The summed E-state index contributed by atoms with van der Waals surface area (Å²) in [5.74, 6) is -1.28. The molecule has 3 rings (SSSR count). The third-order valence-corrected chi connectivity index (χ3v) is 4.03. The number of carbonyl (C=O) groups excluding carboxylic acids is 1. The minimum Gasteiger partial charge on any atom is -0.398 e. The lowest BCUT2D eigenvalue weighted by Crippen LogP contribution is -2.39. The van der Waals surface area contributed by atoms with Gasteiger partial charge in [-0.1, -0.05) is 15.9 Å². The predicted octanol–water partition coefficient (Wildman–Crippen LogP) is 2.30. The van der Waals surface area contributed by atoms with Gasteiger partial charge in [0.25, 0.3) is 5.91 Å². The number of fused-ring (bicyclic) bond motifs is 1. The summed E-state index contributed by atoms with van der Waals surface area (Å²) in [6, 6.07) is 4.85. The Labute approximate surface area is 137 Å². The summed E-state index contributed by atoms with van der Waals surface area (Å²) in [4.78, 5) is 13.9. The fourth-order valence-corrected chi connectivity index (χ4v) is 2.82. The zero-order chi connectivity index (χ0) is 16.8. The Balaban J connectivity index is 1.85. The first-order valence-corrected chi connectivity index (χ1v) is 7.40. The number of rotatable bonds is 1. The third-order valence-electron chi connectivity index (χ3n) is 3.54. The molecule has 0 bridgehead atoms. The van der Waals surface area contributed by atoms with Crippen LogP contribution in [0.1, 0.15) is 22.0 Å². The van der Waals surface area contributed by atoms with E-state index >= 15 is 0 Å². The molecule has 10 heteroatoms. The largest absolute Gasteiger partial charge is 0.451 e. The smallest absolute Gasteiger partial charge is 0.398 e. The van der Waals surface area contributed by atoms with Crippen molar-refractivity contribution in [3.05, 3.63) is 39.9 Å². The number of amides is 1. The van der Waals surface area contributed by atoms with E-state index in [0.717, 1.165) is 9.04 Å². The molecule has 1 aliphatic heterocycles. The highest BCUT2D eigenvalue weighted by molar-refractivity contribution is 9.10. The topological polar surface area (TPSA) is 77.0 Å². The van der Waals surface area contributed by atoms with Crippen LogP contribution in [-0.4, -0.2) is 32.1 Å². The van der Waals surface area contributed by atoms with Gasteiger partial charge in [0.15, 0.2) is 5.82 Å². The van der Waals surface area contributed by atoms with Gasteiger partial charge in [0.1, 0.15) is 0 Å². The summed E-state index contributed by atoms with van der Waals surface area (Å²) in [7, 11) is 0. The number of carbonyl (C=O) groups is 1. The molecule has 0 radical (unpaired) electrons. The molecule has 0 atom stereocenters. The lowest BCUT2D eigenvalue weighted by molar-refractivity contribution is -0.147. The third kappa shape index (κ3) is 2.90. The number of anilines is 1. The summed E-state index contributed by atoms with van der Waals surface area (Å²) in [6.45, 7) is 0.0687. The van der Waals surface area contributed by atoms with E-state index in [9.17, 15) is 18.0 Å². The number of alkyl halides is 3. The fraction of sp³-hybridized carbons (Fsp3) is 0.308. The Morgan fingerprint density at radius 2 is 2.00 bits per heavy atom. The molecule has 2 heterocycles. The molecule has 1 amide bonds. The van der Waals surface area contributed by atoms with E-state index in [1.807, 2.05) is 0 Å². The molecule has 0 aliphatic carbocycles. The monoisotopic (exact) mass is 389 g/mol. The van der Waals surface area contributed by atoms with Gasteiger partial charge in [-0.2, -0.15) is 13.2 Å². The van der Waals surface area contributed by atoms with Crippen LogP contribution < -0.4 is 5.73 Å². The first kappa shape index (κ1) is 15.8. The van der Waals surface area contributed by atoms with Gasteiger partial charge in [-0.25, -0.2) is 0 Å². The molecular weight excluding hydrogens is 379 g/mol. The van der Waals surface area contributed by atoms with Crippen LogP contribution in [-0.2, 0) is 19.3 Å². The molecule has 1 aromatic heterocycles. The molecule has 0 unspecified atom stereocenters. The van der Waals surface area contributed by atoms with Crippen LogP contribution in [0.25, 0.3) is 0 Å². The van der Waals surface area contributed by atoms with Gasteiger partial charge in [0.05, 0.1) is 12.1 Å². The van der Waals surface area contributed by atoms with Crippen molar-refractivity contribution in [3.8, 4) is 0 Å². The number of halogens is 4. The van der Waals surface area contributed by atoms with Crippen molar-refractivity contribution in [1.29, 1.82) is 0 Å². The molecule has 0 saturated carbocycles. The highest BCUT2D eigenvalue weighted by atomic mass is 79.9. The van der Waals surface area contributed by atoms with Gasteiger partial charge in [-0.3, -0.25) is 4.79 Å². The van der Waals surface area contributed by atoms with E-state index in [1.165, 1.54) is 4.90 Å². The number of benzene rings is 1. The number of aromatic nitrogens is 3. The quantitative estimate of drug-likeness (QED) is 0.759. The maximum absolute atomic E-state index is 12.8. The van der Waals surface area contributed by atoms with Crippen molar-refractivity contribution < 1.29 is 18.0 Å². The van der Waals surface area contributed by atoms with E-state index in [-0.39, 0.29) is 31.4 Å². The molecule has 0 fully saturated rings. The van der Waals surface area contributed by atoms with Crippen LogP contribution in [0, 0.1) is 0 Å². The SMILES string of the molecule is Nc1cc(Br)ccc1C(=O)N1CCn2c(nnc2C(F)(F)F)C1. The van der Waals surface area contributed by atoms with Gasteiger partial charge in [0, 0.05) is 23.2 Å². The van der Waals surface area contributed by atoms with E-state index in [0.29, 0.717) is 11.3 Å². The van der Waals surface area contributed by atoms with Crippen LogP contribution in [0.2, 0.25) is 0 Å². The summed E-state index contributed by atoms with van der Waals surface area (Å²) in [5, 5.41) is 6.73. The molecule has 0 saturated heterocycles. The van der Waals surface area contributed by atoms with E-state index in [1.54, 1.807) is 18.2 Å². The Morgan fingerprint density at radius 3 is 2.65 bits per heavy atom. The molecule has 0 spiro atoms. The maximum Gasteiger partial charge on any atom is 0.451 e. The average Bonchev–Trinajstić information content (AvgIpc) is 2.89. The molecule has 2 N–H and O–H groups in total. The first-order chi connectivity index (χ1) is 10.8. The average molecular weight is 390 g/mol. The predicted molar refractivity (Wildman–Crippen MR) is 78.3 cm³/mol. The molecule has 1 aliphatic rings. The molecule has 122 valence electrons. The van der Waals surface area contributed by atoms with E-state index < -0.39 is 12.0 Å². The van der Waals surface area contributed by atoms with Crippen molar-refractivity contribution in [1.82, 2.24) is 19.7 Å². The van der Waals surface area contributed by atoms with Crippen LogP contribution in [0.5, 0.6) is 0 Å². The van der Waals surface area contributed by atoms with Gasteiger partial charge in [-0.15, -0.1) is 10.2 Å². The molecule has 6 nitrogen and oxygen atoms in total. The van der Waals surface area contributed by atoms with Crippen molar-refractivity contribution in [2.45, 2.75) is 19.3 Å². The first-order valence-electron chi connectivity index (χ1n) is 6.61. The second-order valence-corrected chi connectivity index (χ2v) is 5.96. The number of nitrogens with two attached hydrogens (primary N) is 1. The summed E-state index contributed by atoms with van der Waals surface area (Å²) in [5.41, 5.74) is 6.43. The normalized spacial score (nSPS) is 14.7. The molecular formula is C13H11BrF3N5O. The minimum absolute atomic E-state index is 0.0145. The number of nitrogens with zero attached hydrogens (tertiary/aromatic N) is 4. The van der Waals surface area contributed by atoms with Crippen LogP contribution in [0.15, 0.2) is 22.7 Å². The molecule has 2 aromatic rings. The Morgan fingerprint density at radius 1 is 1.26 bits per heavy atom. The van der Waals surface area contributed by atoms with Crippen molar-refractivity contribution >= 4 is 27.5 Å². The van der Waals surface area contributed by atoms with Crippen molar-refractivity contribution in [2.75, 3.05) is 12.3 Å². The van der Waals surface area contributed by atoms with Crippen molar-refractivity contribution in [3.63, 3.8) is 0 Å². The maximum atomic E-state index is 12.8. The lowest BCUT2D eigenvalue weighted by atomic mass is 10.1. The fourth-order valence-electron chi connectivity index (χ4n) is 2.44. The lowest BCUT2D eigenvalue weighted by Gasteiger charge is -2.28. The second kappa shape index (κ2) is 5.52. The van der Waals surface area contributed by atoms with Gasteiger partial charge in [-0.05, 0) is 18.2 Å². The standard InChI is InChI=1S/C13H11BrF3N5O/c14-7-1-2-8(9(18)5-7)11(23)21-3-4-22-10(6-21)19-20-12(22)13(15,16)17/h1-2,5H,3-4,6,18H2. The van der Waals surface area contributed by atoms with Crippen LogP contribution >= 0.6 is 15.9 Å². The van der Waals surface area contributed by atoms with Gasteiger partial charge in [0.2, 0.25) is 5.82 Å². The zero-order valence-corrected chi connectivity index (χ0v) is 13.2. The Kier molecular flexibility index (Phi) is 3.78. The van der Waals surface area contributed by atoms with E-state index in [2.05, 4.69) is 26.1 Å².